The zero-order valence-corrected chi connectivity index (χ0v) is 21.4. The highest BCUT2D eigenvalue weighted by Crippen LogP contribution is 2.41. The van der Waals surface area contributed by atoms with Crippen molar-refractivity contribution in [3.05, 3.63) is 59.5 Å². The van der Waals surface area contributed by atoms with Gasteiger partial charge in [0.15, 0.2) is 0 Å². The number of aryl methyl sites for hydroxylation is 1. The number of piperidine rings is 1. The van der Waals surface area contributed by atoms with E-state index < -0.39 is 0 Å². The molecule has 2 aliphatic heterocycles. The van der Waals surface area contributed by atoms with E-state index in [0.29, 0.717) is 31.2 Å². The molecule has 1 N–H and O–H groups in total. The Kier molecular flexibility index (Phi) is 6.71. The number of likely N-dealkylation sites (tertiary alicyclic amines) is 1. The Morgan fingerprint density at radius 2 is 2.03 bits per heavy atom. The quantitative estimate of drug-likeness (QED) is 0.536. The molecule has 0 aliphatic carbocycles. The number of nitrogens with zero attached hydrogens (tertiary/aromatic N) is 3. The molecule has 1 amide bonds. The average molecular weight is 491 g/mol. The van der Waals surface area contributed by atoms with Crippen LogP contribution in [0.3, 0.4) is 0 Å². The number of carbonyl (C=O) groups excluding carboxylic acids is 1. The number of amides is 1. The van der Waals surface area contributed by atoms with Gasteiger partial charge in [-0.05, 0) is 52.3 Å². The summed E-state index contributed by atoms with van der Waals surface area (Å²) < 4.78 is 17.1. The van der Waals surface area contributed by atoms with Crippen LogP contribution in [0.4, 0.5) is 0 Å². The molecular weight excluding hydrogens is 456 g/mol. The predicted octanol–water partition coefficient (Wildman–Crippen LogP) is 4.68. The smallest absolute Gasteiger partial charge is 0.241 e. The molecule has 0 bridgehead atoms. The van der Waals surface area contributed by atoms with Gasteiger partial charge in [0.25, 0.3) is 0 Å². The van der Waals surface area contributed by atoms with E-state index in [4.69, 9.17) is 14.0 Å². The van der Waals surface area contributed by atoms with Gasteiger partial charge in [0.1, 0.15) is 17.1 Å². The zero-order chi connectivity index (χ0) is 25.3. The summed E-state index contributed by atoms with van der Waals surface area (Å²) in [5.74, 6) is 2.66. The highest BCUT2D eigenvalue weighted by atomic mass is 16.5. The first kappa shape index (κ1) is 24.3. The number of benzene rings is 2. The summed E-state index contributed by atoms with van der Waals surface area (Å²) in [6, 6.07) is 13.8. The maximum absolute atomic E-state index is 13.4. The van der Waals surface area contributed by atoms with E-state index in [-0.39, 0.29) is 23.5 Å². The molecule has 2 unspecified atom stereocenters. The second kappa shape index (κ2) is 9.93. The van der Waals surface area contributed by atoms with Crippen molar-refractivity contribution in [3.63, 3.8) is 0 Å². The molecule has 3 heterocycles. The van der Waals surface area contributed by atoms with Crippen molar-refractivity contribution >= 4 is 5.91 Å². The fourth-order valence-corrected chi connectivity index (χ4v) is 5.12. The molecule has 3 aromatic rings. The minimum atomic E-state index is -0.386. The second-order valence-electron chi connectivity index (χ2n) is 10.5. The van der Waals surface area contributed by atoms with Crippen LogP contribution in [0, 0.1) is 12.8 Å². The van der Waals surface area contributed by atoms with E-state index in [0.717, 1.165) is 42.0 Å². The third-order valence-electron chi connectivity index (χ3n) is 7.01. The Labute approximate surface area is 212 Å². The van der Waals surface area contributed by atoms with Gasteiger partial charge in [-0.2, -0.15) is 4.98 Å². The molecule has 0 radical (unpaired) electrons. The predicted molar refractivity (Wildman–Crippen MR) is 136 cm³/mol. The lowest BCUT2D eigenvalue weighted by atomic mass is 9.88. The Balaban J connectivity index is 1.23. The van der Waals surface area contributed by atoms with Crippen LogP contribution in [0.5, 0.6) is 11.5 Å². The van der Waals surface area contributed by atoms with Gasteiger partial charge in [0, 0.05) is 30.2 Å². The van der Waals surface area contributed by atoms with Crippen molar-refractivity contribution in [2.45, 2.75) is 58.2 Å². The summed E-state index contributed by atoms with van der Waals surface area (Å²) in [6.45, 7) is 8.25. The lowest BCUT2D eigenvalue weighted by Crippen LogP contribution is -2.46. The maximum atomic E-state index is 13.4. The van der Waals surface area contributed by atoms with Crippen LogP contribution < -0.4 is 14.8 Å². The zero-order valence-electron chi connectivity index (χ0n) is 21.4. The lowest BCUT2D eigenvalue weighted by Gasteiger charge is -2.39. The largest absolute Gasteiger partial charge is 0.497 e. The molecule has 1 fully saturated rings. The first-order valence-electron chi connectivity index (χ1n) is 12.6. The van der Waals surface area contributed by atoms with E-state index in [1.54, 1.807) is 7.11 Å². The van der Waals surface area contributed by atoms with Gasteiger partial charge in [0.2, 0.25) is 17.6 Å². The summed E-state index contributed by atoms with van der Waals surface area (Å²) >= 11 is 0. The number of fused-ring (bicyclic) bond motifs is 1. The van der Waals surface area contributed by atoms with Crippen molar-refractivity contribution in [1.82, 2.24) is 20.4 Å². The van der Waals surface area contributed by atoms with Gasteiger partial charge in [-0.3, -0.25) is 9.69 Å². The van der Waals surface area contributed by atoms with Crippen LogP contribution in [0.15, 0.2) is 47.0 Å². The number of rotatable bonds is 6. The minimum absolute atomic E-state index is 0.0787. The molecule has 2 aliphatic rings. The normalized spacial score (nSPS) is 21.3. The maximum Gasteiger partial charge on any atom is 0.241 e. The standard InChI is InChI=1S/C28H34N4O4/c1-18-7-9-19(10-8-18)26-30-25(36-31-26)17-32-13-5-6-20(16-32)27(33)29-23-15-28(2,3)35-24-14-21(34-4)11-12-22(23)24/h7-12,14,20,23H,5-6,13,15-17H2,1-4H3,(H,29,33). The number of hydrogen-bond donors (Lipinski definition) is 1. The van der Waals surface area contributed by atoms with Crippen molar-refractivity contribution < 1.29 is 18.8 Å². The second-order valence-corrected chi connectivity index (χ2v) is 10.5. The summed E-state index contributed by atoms with van der Waals surface area (Å²) in [5, 5.41) is 7.46. The number of carbonyl (C=O) groups is 1. The van der Waals surface area contributed by atoms with Gasteiger partial charge < -0.3 is 19.3 Å². The Hall–Kier alpha value is -3.39. The van der Waals surface area contributed by atoms with Crippen molar-refractivity contribution in [3.8, 4) is 22.9 Å². The first-order chi connectivity index (χ1) is 17.3. The van der Waals surface area contributed by atoms with Gasteiger partial charge >= 0.3 is 0 Å². The van der Waals surface area contributed by atoms with Crippen molar-refractivity contribution in [2.24, 2.45) is 5.92 Å². The molecule has 1 aromatic heterocycles. The number of hydrogen-bond acceptors (Lipinski definition) is 7. The number of aromatic nitrogens is 2. The number of nitrogens with one attached hydrogen (secondary N) is 1. The third-order valence-corrected chi connectivity index (χ3v) is 7.01. The first-order valence-corrected chi connectivity index (χ1v) is 12.6. The molecule has 2 aromatic carbocycles. The topological polar surface area (TPSA) is 89.7 Å². The van der Waals surface area contributed by atoms with Crippen molar-refractivity contribution in [1.29, 1.82) is 0 Å². The summed E-state index contributed by atoms with van der Waals surface area (Å²) in [5.41, 5.74) is 2.73. The van der Waals surface area contributed by atoms with E-state index >= 15 is 0 Å². The summed E-state index contributed by atoms with van der Waals surface area (Å²) in [7, 11) is 1.64. The molecule has 8 heteroatoms. The molecule has 2 atom stereocenters. The van der Waals surface area contributed by atoms with Crippen LogP contribution in [0.25, 0.3) is 11.4 Å². The van der Waals surface area contributed by atoms with Crippen LogP contribution in [-0.2, 0) is 11.3 Å². The van der Waals surface area contributed by atoms with Crippen molar-refractivity contribution in [2.75, 3.05) is 20.2 Å². The lowest BCUT2D eigenvalue weighted by molar-refractivity contribution is -0.128. The van der Waals surface area contributed by atoms with E-state index in [2.05, 4.69) is 20.4 Å². The van der Waals surface area contributed by atoms with Crippen LogP contribution in [-0.4, -0.2) is 46.7 Å². The van der Waals surface area contributed by atoms with Crippen LogP contribution in [0.1, 0.15) is 56.2 Å². The van der Waals surface area contributed by atoms with Gasteiger partial charge in [-0.15, -0.1) is 0 Å². The molecule has 5 rings (SSSR count). The summed E-state index contributed by atoms with van der Waals surface area (Å²) in [4.78, 5) is 20.2. The molecule has 8 nitrogen and oxygen atoms in total. The fraction of sp³-hybridized carbons (Fsp3) is 0.464. The Morgan fingerprint density at radius 1 is 1.22 bits per heavy atom. The van der Waals surface area contributed by atoms with E-state index in [1.807, 2.05) is 63.2 Å². The molecule has 190 valence electrons. The van der Waals surface area contributed by atoms with Gasteiger partial charge in [-0.25, -0.2) is 0 Å². The number of ether oxygens (including phenoxy) is 2. The molecule has 1 saturated heterocycles. The Morgan fingerprint density at radius 3 is 2.81 bits per heavy atom. The highest BCUT2D eigenvalue weighted by molar-refractivity contribution is 5.79. The third kappa shape index (κ3) is 5.38. The summed E-state index contributed by atoms with van der Waals surface area (Å²) in [6.07, 6.45) is 2.52. The van der Waals surface area contributed by atoms with Gasteiger partial charge in [-0.1, -0.05) is 35.0 Å². The minimum Gasteiger partial charge on any atom is -0.497 e. The van der Waals surface area contributed by atoms with Gasteiger partial charge in [0.05, 0.1) is 25.6 Å². The fourth-order valence-electron chi connectivity index (χ4n) is 5.12. The van der Waals surface area contributed by atoms with E-state index in [9.17, 15) is 4.79 Å². The SMILES string of the molecule is COc1ccc2c(c1)OC(C)(C)CC2NC(=O)C1CCCN(Cc2nc(-c3ccc(C)cc3)no2)C1. The molecule has 0 spiro atoms. The van der Waals surface area contributed by atoms with E-state index in [1.165, 1.54) is 5.56 Å². The molecule has 36 heavy (non-hydrogen) atoms. The van der Waals surface area contributed by atoms with Crippen LogP contribution in [0.2, 0.25) is 0 Å². The number of methoxy groups -OCH3 is 1. The van der Waals surface area contributed by atoms with Crippen LogP contribution >= 0.6 is 0 Å². The molecular formula is C28H34N4O4. The monoisotopic (exact) mass is 490 g/mol. The highest BCUT2D eigenvalue weighted by Gasteiger charge is 2.36. The average Bonchev–Trinajstić information content (AvgIpc) is 3.32. The Bertz CT molecular complexity index is 1220. The molecule has 0 saturated carbocycles.